The highest BCUT2D eigenvalue weighted by atomic mass is 32.2. The molecule has 1 saturated heterocycles. The maximum Gasteiger partial charge on any atom is 0.252 e. The minimum atomic E-state index is -3.38. The molecule has 4 rings (SSSR count). The van der Waals surface area contributed by atoms with Crippen LogP contribution in [0.4, 0.5) is 0 Å². The highest BCUT2D eigenvalue weighted by Crippen LogP contribution is 2.44. The molecule has 1 N–H and O–H groups in total. The molecule has 3 fully saturated rings. The molecule has 1 amide bonds. The Labute approximate surface area is 147 Å². The van der Waals surface area contributed by atoms with Crippen LogP contribution in [-0.2, 0) is 14.8 Å². The molecule has 0 unspecified atom stereocenters. The molecule has 1 aromatic heterocycles. The van der Waals surface area contributed by atoms with Gasteiger partial charge in [-0.25, -0.2) is 8.42 Å². The van der Waals surface area contributed by atoms with Crippen molar-refractivity contribution in [3.63, 3.8) is 0 Å². The number of carbonyl (C=O) groups excluding carboxylic acids is 1. The Bertz CT molecular complexity index is 693. The van der Waals surface area contributed by atoms with Gasteiger partial charge in [-0.05, 0) is 55.4 Å². The van der Waals surface area contributed by atoms with E-state index < -0.39 is 10.0 Å². The SMILES string of the molecule is O=C(N[C@H]1C[C@@H]2CC[C@@H]1C2)C1CCN(S(=O)(=O)c2cccs2)CC1. The zero-order chi connectivity index (χ0) is 16.7. The second-order valence-corrected chi connectivity index (χ2v) is 10.5. The highest BCUT2D eigenvalue weighted by Gasteiger charge is 2.41. The molecular formula is C17H24N2O3S2. The molecule has 3 atom stereocenters. The summed E-state index contributed by atoms with van der Waals surface area (Å²) in [5, 5.41) is 5.04. The van der Waals surface area contributed by atoms with Crippen LogP contribution >= 0.6 is 11.3 Å². The molecule has 2 aliphatic carbocycles. The molecule has 2 saturated carbocycles. The zero-order valence-corrected chi connectivity index (χ0v) is 15.3. The summed E-state index contributed by atoms with van der Waals surface area (Å²) in [5.41, 5.74) is 0. The first-order valence-electron chi connectivity index (χ1n) is 8.88. The molecule has 1 aromatic rings. The van der Waals surface area contributed by atoms with Crippen LogP contribution < -0.4 is 5.32 Å². The van der Waals surface area contributed by atoms with Gasteiger partial charge in [-0.15, -0.1) is 11.3 Å². The van der Waals surface area contributed by atoms with E-state index in [2.05, 4.69) is 5.32 Å². The number of rotatable bonds is 4. The monoisotopic (exact) mass is 368 g/mol. The van der Waals surface area contributed by atoms with E-state index in [0.29, 0.717) is 42.1 Å². The molecule has 0 aromatic carbocycles. The molecule has 0 spiro atoms. The van der Waals surface area contributed by atoms with Crippen molar-refractivity contribution in [2.24, 2.45) is 17.8 Å². The summed E-state index contributed by atoms with van der Waals surface area (Å²) >= 11 is 1.25. The van der Waals surface area contributed by atoms with E-state index in [4.69, 9.17) is 0 Å². The van der Waals surface area contributed by atoms with E-state index in [0.717, 1.165) is 12.3 Å². The fourth-order valence-electron chi connectivity index (χ4n) is 4.62. The second kappa shape index (κ2) is 6.42. The maximum atomic E-state index is 12.5. The fraction of sp³-hybridized carbons (Fsp3) is 0.706. The summed E-state index contributed by atoms with van der Waals surface area (Å²) < 4.78 is 27.0. The third-order valence-electron chi connectivity index (χ3n) is 5.98. The standard InChI is InChI=1S/C17H24N2O3S2/c20-17(18-15-11-12-3-4-14(15)10-12)13-5-7-19(8-6-13)24(21,22)16-2-1-9-23-16/h1-2,9,12-15H,3-8,10-11H2,(H,18,20)/t12-,14-,15+/m1/s1. The first-order valence-corrected chi connectivity index (χ1v) is 11.2. The molecule has 1 aliphatic heterocycles. The van der Waals surface area contributed by atoms with E-state index >= 15 is 0 Å². The normalized spacial score (nSPS) is 31.4. The van der Waals surface area contributed by atoms with Gasteiger partial charge in [0, 0.05) is 25.0 Å². The van der Waals surface area contributed by atoms with E-state index in [-0.39, 0.29) is 11.8 Å². The number of fused-ring (bicyclic) bond motifs is 2. The molecular weight excluding hydrogens is 344 g/mol. The summed E-state index contributed by atoms with van der Waals surface area (Å²) in [6, 6.07) is 3.77. The molecule has 7 heteroatoms. The van der Waals surface area contributed by atoms with Gasteiger partial charge in [-0.1, -0.05) is 12.5 Å². The summed E-state index contributed by atoms with van der Waals surface area (Å²) in [6.07, 6.45) is 6.25. The van der Waals surface area contributed by atoms with E-state index in [1.165, 1.54) is 34.9 Å². The molecule has 24 heavy (non-hydrogen) atoms. The van der Waals surface area contributed by atoms with Crippen molar-refractivity contribution in [2.75, 3.05) is 13.1 Å². The van der Waals surface area contributed by atoms with Gasteiger partial charge >= 0.3 is 0 Å². The van der Waals surface area contributed by atoms with E-state index in [1.807, 2.05) is 0 Å². The van der Waals surface area contributed by atoms with Gasteiger partial charge in [0.15, 0.2) is 0 Å². The number of amides is 1. The number of piperidine rings is 1. The third kappa shape index (κ3) is 3.02. The van der Waals surface area contributed by atoms with Crippen molar-refractivity contribution in [2.45, 2.75) is 48.8 Å². The van der Waals surface area contributed by atoms with Crippen molar-refractivity contribution in [3.05, 3.63) is 17.5 Å². The van der Waals surface area contributed by atoms with Crippen molar-refractivity contribution >= 4 is 27.3 Å². The Hall–Kier alpha value is -0.920. The van der Waals surface area contributed by atoms with Gasteiger partial charge in [0.25, 0.3) is 10.0 Å². The van der Waals surface area contributed by atoms with Crippen molar-refractivity contribution in [1.29, 1.82) is 0 Å². The van der Waals surface area contributed by atoms with E-state index in [1.54, 1.807) is 17.5 Å². The van der Waals surface area contributed by atoms with Crippen LogP contribution in [-0.4, -0.2) is 37.8 Å². The number of hydrogen-bond donors (Lipinski definition) is 1. The van der Waals surface area contributed by atoms with Crippen molar-refractivity contribution in [1.82, 2.24) is 9.62 Å². The van der Waals surface area contributed by atoms with Crippen LogP contribution in [0.15, 0.2) is 21.7 Å². The lowest BCUT2D eigenvalue weighted by Gasteiger charge is -2.32. The van der Waals surface area contributed by atoms with Crippen LogP contribution in [0.2, 0.25) is 0 Å². The Morgan fingerprint density at radius 2 is 1.96 bits per heavy atom. The predicted molar refractivity (Wildman–Crippen MR) is 93.2 cm³/mol. The second-order valence-electron chi connectivity index (χ2n) is 7.40. The summed E-state index contributed by atoms with van der Waals surface area (Å²) in [5.74, 6) is 1.59. The number of nitrogens with one attached hydrogen (secondary N) is 1. The molecule has 2 heterocycles. The average molecular weight is 369 g/mol. The number of thiophene rings is 1. The summed E-state index contributed by atoms with van der Waals surface area (Å²) in [7, 11) is -3.38. The minimum absolute atomic E-state index is 0.0427. The van der Waals surface area contributed by atoms with E-state index in [9.17, 15) is 13.2 Å². The highest BCUT2D eigenvalue weighted by molar-refractivity contribution is 7.91. The van der Waals surface area contributed by atoms with Crippen LogP contribution in [0.1, 0.15) is 38.5 Å². The van der Waals surface area contributed by atoms with Gasteiger partial charge in [0.1, 0.15) is 4.21 Å². The minimum Gasteiger partial charge on any atom is -0.353 e. The topological polar surface area (TPSA) is 66.5 Å². The third-order valence-corrected chi connectivity index (χ3v) is 9.25. The molecule has 5 nitrogen and oxygen atoms in total. The number of carbonyl (C=O) groups is 1. The molecule has 132 valence electrons. The lowest BCUT2D eigenvalue weighted by molar-refractivity contribution is -0.127. The van der Waals surface area contributed by atoms with Gasteiger partial charge in [-0.2, -0.15) is 4.31 Å². The molecule has 2 bridgehead atoms. The summed E-state index contributed by atoms with van der Waals surface area (Å²) in [4.78, 5) is 12.5. The fourth-order valence-corrected chi connectivity index (χ4v) is 7.23. The van der Waals surface area contributed by atoms with Crippen LogP contribution in [0.25, 0.3) is 0 Å². The predicted octanol–water partition coefficient (Wildman–Crippen LogP) is 2.45. The lowest BCUT2D eigenvalue weighted by atomic mass is 9.93. The Morgan fingerprint density at radius 3 is 2.54 bits per heavy atom. The quantitative estimate of drug-likeness (QED) is 0.888. The number of hydrogen-bond acceptors (Lipinski definition) is 4. The van der Waals surface area contributed by atoms with Crippen LogP contribution in [0, 0.1) is 17.8 Å². The van der Waals surface area contributed by atoms with Crippen molar-refractivity contribution < 1.29 is 13.2 Å². The van der Waals surface area contributed by atoms with Gasteiger partial charge in [0.05, 0.1) is 0 Å². The number of nitrogens with zero attached hydrogens (tertiary/aromatic N) is 1. The Morgan fingerprint density at radius 1 is 1.17 bits per heavy atom. The van der Waals surface area contributed by atoms with Gasteiger partial charge in [0.2, 0.25) is 5.91 Å². The molecule has 0 radical (unpaired) electrons. The lowest BCUT2D eigenvalue weighted by Crippen LogP contribution is -2.46. The molecule has 3 aliphatic rings. The first kappa shape index (κ1) is 16.5. The summed E-state index contributed by atoms with van der Waals surface area (Å²) in [6.45, 7) is 0.879. The van der Waals surface area contributed by atoms with Crippen LogP contribution in [0.5, 0.6) is 0 Å². The maximum absolute atomic E-state index is 12.5. The number of sulfonamides is 1. The van der Waals surface area contributed by atoms with Gasteiger partial charge in [-0.3, -0.25) is 4.79 Å². The van der Waals surface area contributed by atoms with Crippen molar-refractivity contribution in [3.8, 4) is 0 Å². The zero-order valence-electron chi connectivity index (χ0n) is 13.7. The largest absolute Gasteiger partial charge is 0.353 e. The van der Waals surface area contributed by atoms with Gasteiger partial charge < -0.3 is 5.32 Å². The Kier molecular flexibility index (Phi) is 4.43. The Balaban J connectivity index is 1.32. The average Bonchev–Trinajstić information content (AvgIpc) is 3.32. The smallest absolute Gasteiger partial charge is 0.252 e. The first-order chi connectivity index (χ1) is 11.5. The van der Waals surface area contributed by atoms with Crippen LogP contribution in [0.3, 0.4) is 0 Å².